The van der Waals surface area contributed by atoms with Crippen molar-refractivity contribution in [2.75, 3.05) is 0 Å². The fourth-order valence-corrected chi connectivity index (χ4v) is 3.63. The van der Waals surface area contributed by atoms with Gasteiger partial charge in [0, 0.05) is 5.92 Å². The number of carbonyl (C=O) groups excluding carboxylic acids is 1. The third-order valence-corrected chi connectivity index (χ3v) is 5.47. The van der Waals surface area contributed by atoms with Crippen molar-refractivity contribution in [3.8, 4) is 0 Å². The summed E-state index contributed by atoms with van der Waals surface area (Å²) >= 11 is 0. The maximum Gasteiger partial charge on any atom is 0.220 e. The van der Waals surface area contributed by atoms with Crippen LogP contribution in [0.4, 0.5) is 0 Å². The van der Waals surface area contributed by atoms with Crippen molar-refractivity contribution in [1.29, 1.82) is 0 Å². The molecule has 1 fully saturated rings. The van der Waals surface area contributed by atoms with Crippen LogP contribution < -0.4 is 5.73 Å². The summed E-state index contributed by atoms with van der Waals surface area (Å²) in [6, 6.07) is 0. The number of carbonyl (C=O) groups is 1. The van der Waals surface area contributed by atoms with Gasteiger partial charge in [-0.3, -0.25) is 4.79 Å². The number of nitrogens with two attached hydrogens (primary N) is 1. The van der Waals surface area contributed by atoms with E-state index in [1.165, 1.54) is 77.0 Å². The molecule has 3 nitrogen and oxygen atoms in total. The first kappa shape index (κ1) is 21.5. The van der Waals surface area contributed by atoms with Crippen molar-refractivity contribution in [2.45, 2.75) is 122 Å². The molecule has 1 rings (SSSR count). The maximum absolute atomic E-state index is 11.2. The van der Waals surface area contributed by atoms with Gasteiger partial charge in [-0.15, -0.1) is 0 Å². The number of primary amides is 1. The second kappa shape index (κ2) is 13.7. The van der Waals surface area contributed by atoms with Gasteiger partial charge in [0.15, 0.2) is 0 Å². The molecule has 3 heteroatoms. The van der Waals surface area contributed by atoms with Crippen LogP contribution in [-0.4, -0.2) is 18.1 Å². The number of amides is 1. The molecular formula is C21H41NO2. The highest BCUT2D eigenvalue weighted by Crippen LogP contribution is 2.31. The summed E-state index contributed by atoms with van der Waals surface area (Å²) in [5.41, 5.74) is 5.37. The van der Waals surface area contributed by atoms with E-state index in [1.807, 2.05) is 6.92 Å². The normalized spacial score (nSPS) is 20.9. The molecule has 0 radical (unpaired) electrons. The second-order valence-corrected chi connectivity index (χ2v) is 7.62. The van der Waals surface area contributed by atoms with Crippen molar-refractivity contribution >= 4 is 5.91 Å². The van der Waals surface area contributed by atoms with E-state index in [2.05, 4.69) is 6.92 Å². The maximum atomic E-state index is 11.2. The minimum absolute atomic E-state index is 0.0904. The number of unbranched alkanes of at least 4 members (excludes halogenated alkanes) is 9. The van der Waals surface area contributed by atoms with Crippen LogP contribution in [0.15, 0.2) is 0 Å². The first-order valence-corrected chi connectivity index (χ1v) is 10.6. The average molecular weight is 340 g/mol. The first-order valence-electron chi connectivity index (χ1n) is 10.6. The van der Waals surface area contributed by atoms with E-state index < -0.39 is 0 Å². The molecule has 0 bridgehead atoms. The topological polar surface area (TPSA) is 55.6 Å². The minimum atomic E-state index is -0.125. The van der Waals surface area contributed by atoms with Crippen LogP contribution in [0.25, 0.3) is 0 Å². The molecule has 1 aliphatic heterocycles. The SMILES string of the molecule is CCCCCCCCC1OC1CCCCCCCC(CC)C(N)=O. The lowest BCUT2D eigenvalue weighted by atomic mass is 9.97. The summed E-state index contributed by atoms with van der Waals surface area (Å²) in [7, 11) is 0. The lowest BCUT2D eigenvalue weighted by molar-refractivity contribution is -0.122. The number of hydrogen-bond acceptors (Lipinski definition) is 2. The van der Waals surface area contributed by atoms with E-state index in [-0.39, 0.29) is 11.8 Å². The third kappa shape index (κ3) is 10.3. The lowest BCUT2D eigenvalue weighted by Gasteiger charge is -2.09. The van der Waals surface area contributed by atoms with Gasteiger partial charge in [0.05, 0.1) is 12.2 Å². The summed E-state index contributed by atoms with van der Waals surface area (Å²) in [5.74, 6) is -0.0348. The van der Waals surface area contributed by atoms with Gasteiger partial charge in [0.25, 0.3) is 0 Å². The van der Waals surface area contributed by atoms with Crippen LogP contribution in [0.5, 0.6) is 0 Å². The molecule has 1 amide bonds. The van der Waals surface area contributed by atoms with Crippen LogP contribution in [-0.2, 0) is 9.53 Å². The van der Waals surface area contributed by atoms with Crippen LogP contribution in [0.2, 0.25) is 0 Å². The molecule has 0 aromatic carbocycles. The molecule has 0 aliphatic carbocycles. The molecule has 2 N–H and O–H groups in total. The molecular weight excluding hydrogens is 298 g/mol. The van der Waals surface area contributed by atoms with E-state index in [0.29, 0.717) is 12.2 Å². The fourth-order valence-electron chi connectivity index (χ4n) is 3.63. The molecule has 0 aromatic rings. The third-order valence-electron chi connectivity index (χ3n) is 5.47. The van der Waals surface area contributed by atoms with E-state index in [0.717, 1.165) is 19.3 Å². The Kier molecular flexibility index (Phi) is 12.2. The van der Waals surface area contributed by atoms with Gasteiger partial charge in [-0.2, -0.15) is 0 Å². The van der Waals surface area contributed by atoms with Gasteiger partial charge in [-0.1, -0.05) is 84.5 Å². The van der Waals surface area contributed by atoms with E-state index >= 15 is 0 Å². The van der Waals surface area contributed by atoms with E-state index in [4.69, 9.17) is 10.5 Å². The zero-order chi connectivity index (χ0) is 17.6. The molecule has 1 aliphatic rings. The zero-order valence-corrected chi connectivity index (χ0v) is 16.2. The molecule has 1 heterocycles. The molecule has 3 unspecified atom stereocenters. The highest BCUT2D eigenvalue weighted by Gasteiger charge is 2.36. The largest absolute Gasteiger partial charge is 0.370 e. The Balaban J connectivity index is 1.82. The Morgan fingerprint density at radius 2 is 1.33 bits per heavy atom. The van der Waals surface area contributed by atoms with Gasteiger partial charge >= 0.3 is 0 Å². The first-order chi connectivity index (χ1) is 11.7. The van der Waals surface area contributed by atoms with Gasteiger partial charge < -0.3 is 10.5 Å². The lowest BCUT2D eigenvalue weighted by Crippen LogP contribution is -2.22. The van der Waals surface area contributed by atoms with Crippen molar-refractivity contribution in [1.82, 2.24) is 0 Å². The molecule has 0 saturated carbocycles. The smallest absolute Gasteiger partial charge is 0.220 e. The predicted octanol–water partition coefficient (Wildman–Crippen LogP) is 5.75. The number of hydrogen-bond donors (Lipinski definition) is 1. The zero-order valence-electron chi connectivity index (χ0n) is 16.2. The van der Waals surface area contributed by atoms with E-state index in [1.54, 1.807) is 0 Å². The highest BCUT2D eigenvalue weighted by molar-refractivity contribution is 5.76. The second-order valence-electron chi connectivity index (χ2n) is 7.62. The monoisotopic (exact) mass is 339 g/mol. The van der Waals surface area contributed by atoms with Crippen LogP contribution in [0.3, 0.4) is 0 Å². The highest BCUT2D eigenvalue weighted by atomic mass is 16.6. The van der Waals surface area contributed by atoms with Crippen molar-refractivity contribution < 1.29 is 9.53 Å². The molecule has 142 valence electrons. The summed E-state index contributed by atoms with van der Waals surface area (Å²) in [6.07, 6.45) is 20.1. The van der Waals surface area contributed by atoms with E-state index in [9.17, 15) is 4.79 Å². The fraction of sp³-hybridized carbons (Fsp3) is 0.952. The molecule has 3 atom stereocenters. The Labute approximate surface area is 150 Å². The van der Waals surface area contributed by atoms with Crippen molar-refractivity contribution in [3.05, 3.63) is 0 Å². The van der Waals surface area contributed by atoms with Crippen molar-refractivity contribution in [2.24, 2.45) is 11.7 Å². The van der Waals surface area contributed by atoms with Gasteiger partial charge in [0.1, 0.15) is 0 Å². The number of rotatable bonds is 17. The quantitative estimate of drug-likeness (QED) is 0.271. The standard InChI is InChI=1S/C21H41NO2/c1-3-5-6-7-10-13-16-19-20(24-19)17-14-11-8-9-12-15-18(4-2)21(22)23/h18-20H,3-17H2,1-2H3,(H2,22,23). The summed E-state index contributed by atoms with van der Waals surface area (Å²) in [5, 5.41) is 0. The van der Waals surface area contributed by atoms with Gasteiger partial charge in [-0.05, 0) is 25.7 Å². The molecule has 1 saturated heterocycles. The molecule has 24 heavy (non-hydrogen) atoms. The van der Waals surface area contributed by atoms with Crippen LogP contribution >= 0.6 is 0 Å². The number of ether oxygens (including phenoxy) is 1. The van der Waals surface area contributed by atoms with Gasteiger partial charge in [0.2, 0.25) is 5.91 Å². The Hall–Kier alpha value is -0.570. The Morgan fingerprint density at radius 1 is 0.833 bits per heavy atom. The minimum Gasteiger partial charge on any atom is -0.370 e. The van der Waals surface area contributed by atoms with Crippen LogP contribution in [0, 0.1) is 5.92 Å². The predicted molar refractivity (Wildman–Crippen MR) is 102 cm³/mol. The summed E-state index contributed by atoms with van der Waals surface area (Å²) < 4.78 is 5.79. The molecule has 0 spiro atoms. The Morgan fingerprint density at radius 3 is 1.83 bits per heavy atom. The summed E-state index contributed by atoms with van der Waals surface area (Å²) in [6.45, 7) is 4.32. The van der Waals surface area contributed by atoms with Crippen molar-refractivity contribution in [3.63, 3.8) is 0 Å². The Bertz CT molecular complexity index is 319. The van der Waals surface area contributed by atoms with Gasteiger partial charge in [-0.25, -0.2) is 0 Å². The molecule has 0 aromatic heterocycles. The summed E-state index contributed by atoms with van der Waals surface area (Å²) in [4.78, 5) is 11.2. The average Bonchev–Trinajstić information content (AvgIpc) is 3.31. The number of epoxide rings is 1. The van der Waals surface area contributed by atoms with Crippen LogP contribution in [0.1, 0.15) is 110 Å².